The Bertz CT molecular complexity index is 295. The zero-order valence-electron chi connectivity index (χ0n) is 8.73. The van der Waals surface area contributed by atoms with E-state index in [1.165, 1.54) is 0 Å². The largest absolute Gasteiger partial charge is 0.494 e. The summed E-state index contributed by atoms with van der Waals surface area (Å²) in [6.07, 6.45) is 0.970. The number of amides is 1. The molecule has 0 aliphatic carbocycles. The van der Waals surface area contributed by atoms with E-state index < -0.39 is 5.91 Å². The molecule has 0 unspecified atom stereocenters. The van der Waals surface area contributed by atoms with E-state index in [1.807, 2.05) is 13.7 Å². The van der Waals surface area contributed by atoms with Crippen LogP contribution in [-0.4, -0.2) is 19.3 Å². The maximum absolute atomic E-state index is 10.7. The smallest absolute Gasteiger partial charge is 0.248 e. The highest BCUT2D eigenvalue weighted by Gasteiger charge is 1.99. The van der Waals surface area contributed by atoms with Crippen LogP contribution in [0.5, 0.6) is 5.75 Å². The topological polar surface area (TPSA) is 69.4 Å². The second-order valence-corrected chi connectivity index (χ2v) is 2.74. The van der Waals surface area contributed by atoms with Crippen LogP contribution in [-0.2, 0) is 4.79 Å². The van der Waals surface area contributed by atoms with Gasteiger partial charge in [0.05, 0.1) is 6.61 Å². The molecule has 0 spiro atoms. The summed E-state index contributed by atoms with van der Waals surface area (Å²) in [5.74, 6) is 0.355. The average Bonchev–Trinajstić information content (AvgIpc) is 2.29. The van der Waals surface area contributed by atoms with Crippen LogP contribution in [0.4, 0.5) is 0 Å². The number of carbonyl (C=O) groups excluding carboxylic acids is 2. The van der Waals surface area contributed by atoms with E-state index in [0.29, 0.717) is 12.2 Å². The molecule has 0 aliphatic heterocycles. The van der Waals surface area contributed by atoms with E-state index in [2.05, 4.69) is 0 Å². The highest BCUT2D eigenvalue weighted by Crippen LogP contribution is 2.11. The summed E-state index contributed by atoms with van der Waals surface area (Å²) in [6.45, 7) is 4.73. The van der Waals surface area contributed by atoms with Gasteiger partial charge >= 0.3 is 0 Å². The average molecular weight is 209 g/mol. The van der Waals surface area contributed by atoms with Crippen molar-refractivity contribution in [1.29, 1.82) is 0 Å². The minimum Gasteiger partial charge on any atom is -0.494 e. The zero-order valence-corrected chi connectivity index (χ0v) is 8.73. The fourth-order valence-corrected chi connectivity index (χ4v) is 0.935. The number of rotatable bonds is 4. The van der Waals surface area contributed by atoms with Crippen LogP contribution in [0.15, 0.2) is 24.3 Å². The van der Waals surface area contributed by atoms with Gasteiger partial charge in [0.2, 0.25) is 5.91 Å². The van der Waals surface area contributed by atoms with Crippen LogP contribution in [0.3, 0.4) is 0 Å². The van der Waals surface area contributed by atoms with E-state index in [-0.39, 0.29) is 0 Å². The van der Waals surface area contributed by atoms with Gasteiger partial charge in [-0.3, -0.25) is 4.79 Å². The predicted molar refractivity (Wildman–Crippen MR) is 57.9 cm³/mol. The first kappa shape index (κ1) is 13.2. The van der Waals surface area contributed by atoms with Crippen molar-refractivity contribution in [2.75, 3.05) is 6.61 Å². The van der Waals surface area contributed by atoms with Gasteiger partial charge in [-0.05, 0) is 30.7 Å². The predicted octanol–water partition coefficient (Wildman–Crippen LogP) is 1.39. The molecule has 2 N–H and O–H groups in total. The normalized spacial score (nSPS) is 8.60. The van der Waals surface area contributed by atoms with Crippen LogP contribution in [0.2, 0.25) is 0 Å². The maximum atomic E-state index is 10.7. The molecule has 1 aromatic rings. The Morgan fingerprint density at radius 1 is 1.33 bits per heavy atom. The highest BCUT2D eigenvalue weighted by atomic mass is 16.5. The van der Waals surface area contributed by atoms with Gasteiger partial charge in [0, 0.05) is 5.56 Å². The van der Waals surface area contributed by atoms with Crippen LogP contribution in [0, 0.1) is 0 Å². The molecule has 1 amide bonds. The summed E-state index contributed by atoms with van der Waals surface area (Å²) in [7, 11) is 0. The minimum absolute atomic E-state index is 0.415. The van der Waals surface area contributed by atoms with E-state index in [9.17, 15) is 4.79 Å². The third kappa shape index (κ3) is 4.81. The summed E-state index contributed by atoms with van der Waals surface area (Å²) >= 11 is 0. The Morgan fingerprint density at radius 2 is 1.87 bits per heavy atom. The van der Waals surface area contributed by atoms with Crippen LogP contribution in [0.25, 0.3) is 0 Å². The minimum atomic E-state index is -0.415. The summed E-state index contributed by atoms with van der Waals surface area (Å²) in [4.78, 5) is 18.7. The van der Waals surface area contributed by atoms with E-state index in [4.69, 9.17) is 15.3 Å². The van der Waals surface area contributed by atoms with E-state index in [1.54, 1.807) is 24.3 Å². The second-order valence-electron chi connectivity index (χ2n) is 2.74. The lowest BCUT2D eigenvalue weighted by Crippen LogP contribution is -2.10. The number of primary amides is 1. The number of hydrogen-bond acceptors (Lipinski definition) is 3. The third-order valence-electron chi connectivity index (χ3n) is 1.61. The van der Waals surface area contributed by atoms with Crippen molar-refractivity contribution >= 4 is 12.7 Å². The van der Waals surface area contributed by atoms with Crippen LogP contribution in [0.1, 0.15) is 23.7 Å². The molecule has 0 heterocycles. The van der Waals surface area contributed by atoms with Gasteiger partial charge in [0.15, 0.2) is 0 Å². The summed E-state index contributed by atoms with van der Waals surface area (Å²) in [6, 6.07) is 6.81. The first-order valence-electron chi connectivity index (χ1n) is 4.55. The number of carbonyl (C=O) groups is 2. The molecule has 4 heteroatoms. The first-order valence-corrected chi connectivity index (χ1v) is 4.55. The summed E-state index contributed by atoms with van der Waals surface area (Å²) in [5, 5.41) is 0. The Morgan fingerprint density at radius 3 is 2.27 bits per heavy atom. The van der Waals surface area contributed by atoms with Gasteiger partial charge in [-0.1, -0.05) is 6.92 Å². The molecule has 0 fully saturated rings. The van der Waals surface area contributed by atoms with E-state index in [0.717, 1.165) is 12.2 Å². The Balaban J connectivity index is 0.000000921. The van der Waals surface area contributed by atoms with Gasteiger partial charge in [-0.25, -0.2) is 0 Å². The van der Waals surface area contributed by atoms with Gasteiger partial charge in [-0.2, -0.15) is 0 Å². The second kappa shape index (κ2) is 7.55. The zero-order chi connectivity index (χ0) is 11.7. The van der Waals surface area contributed by atoms with Crippen molar-refractivity contribution in [2.45, 2.75) is 13.3 Å². The molecule has 0 atom stereocenters. The molecule has 4 nitrogen and oxygen atoms in total. The summed E-state index contributed by atoms with van der Waals surface area (Å²) in [5.41, 5.74) is 5.59. The molecule has 82 valence electrons. The van der Waals surface area contributed by atoms with Crippen molar-refractivity contribution in [3.63, 3.8) is 0 Å². The number of benzene rings is 1. The maximum Gasteiger partial charge on any atom is 0.248 e. The lowest BCUT2D eigenvalue weighted by Gasteiger charge is -2.03. The number of hydrogen-bond donors (Lipinski definition) is 1. The van der Waals surface area contributed by atoms with Gasteiger partial charge < -0.3 is 15.3 Å². The van der Waals surface area contributed by atoms with Gasteiger partial charge in [0.1, 0.15) is 12.5 Å². The molecule has 0 radical (unpaired) electrons. The first-order chi connectivity index (χ1) is 7.24. The Labute approximate surface area is 89.0 Å². The van der Waals surface area contributed by atoms with Crippen molar-refractivity contribution in [3.05, 3.63) is 29.8 Å². The molecule has 0 saturated carbocycles. The van der Waals surface area contributed by atoms with Crippen LogP contribution < -0.4 is 10.5 Å². The molecule has 0 saturated heterocycles. The quantitative estimate of drug-likeness (QED) is 0.814. The van der Waals surface area contributed by atoms with Crippen molar-refractivity contribution < 1.29 is 14.3 Å². The third-order valence-corrected chi connectivity index (χ3v) is 1.61. The molecule has 1 aromatic carbocycles. The number of nitrogens with two attached hydrogens (primary N) is 1. The molecule has 0 aromatic heterocycles. The fraction of sp³-hybridized carbons (Fsp3) is 0.273. The van der Waals surface area contributed by atoms with Gasteiger partial charge in [0.25, 0.3) is 0 Å². The van der Waals surface area contributed by atoms with Crippen molar-refractivity contribution in [3.8, 4) is 5.75 Å². The van der Waals surface area contributed by atoms with E-state index >= 15 is 0 Å². The Kier molecular flexibility index (Phi) is 6.63. The van der Waals surface area contributed by atoms with Crippen LogP contribution >= 0.6 is 0 Å². The fourth-order valence-electron chi connectivity index (χ4n) is 0.935. The Hall–Kier alpha value is -1.84. The van der Waals surface area contributed by atoms with Crippen molar-refractivity contribution in [2.24, 2.45) is 5.73 Å². The summed E-state index contributed by atoms with van der Waals surface area (Å²) < 4.78 is 5.34. The molecule has 1 rings (SSSR count). The molecular formula is C11H15NO3. The highest BCUT2D eigenvalue weighted by molar-refractivity contribution is 5.92. The molecule has 0 aliphatic rings. The van der Waals surface area contributed by atoms with Crippen molar-refractivity contribution in [1.82, 2.24) is 0 Å². The SMILES string of the molecule is C=O.CCCOc1ccc(C(N)=O)cc1. The monoisotopic (exact) mass is 209 g/mol. The lowest BCUT2D eigenvalue weighted by molar-refractivity contribution is -0.0979. The lowest BCUT2D eigenvalue weighted by atomic mass is 10.2. The molecule has 0 bridgehead atoms. The standard InChI is InChI=1S/C10H13NO2.CH2O/c1-2-7-13-9-5-3-8(4-6-9)10(11)12;1-2/h3-6H,2,7H2,1H3,(H2,11,12);1H2. The van der Waals surface area contributed by atoms with Gasteiger partial charge in [-0.15, -0.1) is 0 Å². The molecular weight excluding hydrogens is 194 g/mol. The molecule has 15 heavy (non-hydrogen) atoms. The number of ether oxygens (including phenoxy) is 1.